The van der Waals surface area contributed by atoms with Crippen LogP contribution in [0.4, 0.5) is 0 Å². The van der Waals surface area contributed by atoms with Crippen molar-refractivity contribution in [3.8, 4) is 5.75 Å². The van der Waals surface area contributed by atoms with Crippen LogP contribution in [-0.4, -0.2) is 15.2 Å². The summed E-state index contributed by atoms with van der Waals surface area (Å²) in [6.45, 7) is 5.13. The van der Waals surface area contributed by atoms with Crippen molar-refractivity contribution >= 4 is 18.9 Å². The van der Waals surface area contributed by atoms with E-state index in [1.807, 2.05) is 0 Å². The molecule has 0 saturated carbocycles. The van der Waals surface area contributed by atoms with Crippen molar-refractivity contribution < 1.29 is 8.85 Å². The van der Waals surface area contributed by atoms with Gasteiger partial charge in [-0.3, -0.25) is 0 Å². The zero-order valence-corrected chi connectivity index (χ0v) is 19.3. The Hall–Kier alpha value is -2.36. The van der Waals surface area contributed by atoms with Gasteiger partial charge in [0.25, 0.3) is 0 Å². The topological polar surface area (TPSA) is 18.5 Å². The molecule has 0 spiro atoms. The summed E-state index contributed by atoms with van der Waals surface area (Å²) in [5.74, 6) is 0.889. The molecule has 2 nitrogen and oxygen atoms in total. The van der Waals surface area contributed by atoms with Crippen molar-refractivity contribution in [3.05, 3.63) is 90.5 Å². The zero-order valence-electron chi connectivity index (χ0n) is 18.3. The second-order valence-electron chi connectivity index (χ2n) is 7.71. The Balaban J connectivity index is 1.95. The van der Waals surface area contributed by atoms with Gasteiger partial charge in [-0.25, -0.2) is 0 Å². The molecule has 0 aliphatic heterocycles. The van der Waals surface area contributed by atoms with E-state index in [2.05, 4.69) is 98.8 Å². The summed E-state index contributed by atoms with van der Waals surface area (Å²) in [5, 5.41) is 2.29. The quantitative estimate of drug-likeness (QED) is 0.270. The summed E-state index contributed by atoms with van der Waals surface area (Å²) in [7, 11) is -2.89. The average Bonchev–Trinajstić information content (AvgIpc) is 2.82. The molecule has 0 aromatic heterocycles. The van der Waals surface area contributed by atoms with E-state index >= 15 is 0 Å². The maximum atomic E-state index is 6.86. The number of hydrogen-bond acceptors (Lipinski definition) is 2. The molecule has 0 fully saturated rings. The van der Waals surface area contributed by atoms with Crippen LogP contribution in [-0.2, 0) is 10.8 Å². The van der Waals surface area contributed by atoms with Gasteiger partial charge in [0.05, 0.1) is 0 Å². The molecule has 0 heterocycles. The number of unbranched alkanes of at least 4 members (excludes halogenated alkanes) is 4. The number of benzene rings is 3. The minimum absolute atomic E-state index is 0.715. The first-order valence-corrected chi connectivity index (χ1v) is 13.1. The summed E-state index contributed by atoms with van der Waals surface area (Å²) in [4.78, 5) is 0. The molecule has 0 aliphatic rings. The molecule has 3 heteroatoms. The molecule has 0 radical (unpaired) electrons. The van der Waals surface area contributed by atoms with Gasteiger partial charge < -0.3 is 8.85 Å². The first kappa shape index (κ1) is 22.3. The second kappa shape index (κ2) is 11.7. The van der Waals surface area contributed by atoms with Crippen LogP contribution < -0.4 is 14.8 Å². The second-order valence-corrected chi connectivity index (χ2v) is 10.6. The highest BCUT2D eigenvalue weighted by Crippen LogP contribution is 2.20. The van der Waals surface area contributed by atoms with E-state index in [4.69, 9.17) is 8.85 Å². The third-order valence-electron chi connectivity index (χ3n) is 5.43. The summed E-state index contributed by atoms with van der Waals surface area (Å²) in [6.07, 6.45) is 7.07. The minimum Gasteiger partial charge on any atom is -0.514 e. The lowest BCUT2D eigenvalue weighted by molar-refractivity contribution is 0.252. The summed E-state index contributed by atoms with van der Waals surface area (Å²) in [6, 6.07) is 29.5. The Morgan fingerprint density at radius 1 is 0.667 bits per heavy atom. The van der Waals surface area contributed by atoms with Crippen LogP contribution in [0.5, 0.6) is 5.75 Å². The molecule has 3 aromatic carbocycles. The molecule has 158 valence electrons. The zero-order chi connectivity index (χ0) is 21.1. The molecule has 0 saturated heterocycles. The van der Waals surface area contributed by atoms with E-state index in [0.717, 1.165) is 29.0 Å². The fourth-order valence-corrected chi connectivity index (χ4v) is 6.83. The SMILES string of the molecule is CCCCCCCO[Si](Oc1cccc(CC)c1)(c1ccccc1)c1ccccc1. The van der Waals surface area contributed by atoms with Crippen LogP contribution in [0.3, 0.4) is 0 Å². The van der Waals surface area contributed by atoms with Gasteiger partial charge in [0.1, 0.15) is 5.75 Å². The molecule has 0 aliphatic carbocycles. The van der Waals surface area contributed by atoms with Crippen LogP contribution in [0.15, 0.2) is 84.9 Å². The van der Waals surface area contributed by atoms with Crippen LogP contribution in [0.25, 0.3) is 0 Å². The Morgan fingerprint density at radius 3 is 1.90 bits per heavy atom. The molecule has 0 atom stereocenters. The molecule has 3 aromatic rings. The Morgan fingerprint density at radius 2 is 1.30 bits per heavy atom. The van der Waals surface area contributed by atoms with Crippen LogP contribution >= 0.6 is 0 Å². The highest BCUT2D eigenvalue weighted by atomic mass is 28.4. The van der Waals surface area contributed by atoms with Crippen molar-refractivity contribution in [2.75, 3.05) is 6.61 Å². The monoisotopic (exact) mass is 418 g/mol. The van der Waals surface area contributed by atoms with Gasteiger partial charge in [-0.1, -0.05) is 112 Å². The number of aryl methyl sites for hydroxylation is 1. The fourth-order valence-electron chi connectivity index (χ4n) is 3.71. The van der Waals surface area contributed by atoms with E-state index in [1.165, 1.54) is 31.2 Å². The first-order chi connectivity index (χ1) is 14.8. The van der Waals surface area contributed by atoms with Gasteiger partial charge in [0.15, 0.2) is 0 Å². The Labute approximate surface area is 183 Å². The van der Waals surface area contributed by atoms with Crippen LogP contribution in [0.2, 0.25) is 0 Å². The maximum Gasteiger partial charge on any atom is 0.468 e. The van der Waals surface area contributed by atoms with Gasteiger partial charge in [-0.15, -0.1) is 0 Å². The smallest absolute Gasteiger partial charge is 0.468 e. The van der Waals surface area contributed by atoms with Gasteiger partial charge in [-0.2, -0.15) is 0 Å². The van der Waals surface area contributed by atoms with E-state index < -0.39 is 8.56 Å². The molecule has 0 amide bonds. The van der Waals surface area contributed by atoms with Crippen molar-refractivity contribution in [3.63, 3.8) is 0 Å². The van der Waals surface area contributed by atoms with Gasteiger partial charge in [0, 0.05) is 17.0 Å². The van der Waals surface area contributed by atoms with Gasteiger partial charge in [-0.05, 0) is 30.5 Å². The lowest BCUT2D eigenvalue weighted by Crippen LogP contribution is -2.66. The Bertz CT molecular complexity index is 825. The van der Waals surface area contributed by atoms with E-state index in [9.17, 15) is 0 Å². The van der Waals surface area contributed by atoms with Crippen molar-refractivity contribution in [1.82, 2.24) is 0 Å². The van der Waals surface area contributed by atoms with Crippen LogP contribution in [0, 0.1) is 0 Å². The van der Waals surface area contributed by atoms with Gasteiger partial charge in [0.2, 0.25) is 0 Å². The molecular weight excluding hydrogens is 384 g/mol. The highest BCUT2D eigenvalue weighted by molar-refractivity contribution is 6.93. The lowest BCUT2D eigenvalue weighted by Gasteiger charge is -2.32. The standard InChI is InChI=1S/C27H34O2Si/c1-3-5-6-7-14-22-28-30(26-18-10-8-11-19-26,27-20-12-9-13-21-27)29-25-17-15-16-24(4-2)23-25/h8-13,15-21,23H,3-7,14,22H2,1-2H3. The van der Waals surface area contributed by atoms with Crippen molar-refractivity contribution in [2.45, 2.75) is 52.4 Å². The summed E-state index contributed by atoms with van der Waals surface area (Å²) in [5.41, 5.74) is 1.27. The number of rotatable bonds is 12. The van der Waals surface area contributed by atoms with E-state index in [1.54, 1.807) is 0 Å². The van der Waals surface area contributed by atoms with E-state index in [0.29, 0.717) is 6.61 Å². The third-order valence-corrected chi connectivity index (χ3v) is 8.75. The molecule has 3 rings (SSSR count). The summed E-state index contributed by atoms with van der Waals surface area (Å²) < 4.78 is 13.6. The lowest BCUT2D eigenvalue weighted by atomic mass is 10.2. The molecular formula is C27H34O2Si. The minimum atomic E-state index is -2.89. The van der Waals surface area contributed by atoms with Gasteiger partial charge >= 0.3 is 8.56 Å². The predicted octanol–water partition coefficient (Wildman–Crippen LogP) is 5.87. The largest absolute Gasteiger partial charge is 0.514 e. The fraction of sp³-hybridized carbons (Fsp3) is 0.333. The normalized spacial score (nSPS) is 11.4. The predicted molar refractivity (Wildman–Crippen MR) is 129 cm³/mol. The first-order valence-electron chi connectivity index (χ1n) is 11.3. The van der Waals surface area contributed by atoms with Crippen molar-refractivity contribution in [2.24, 2.45) is 0 Å². The maximum absolute atomic E-state index is 6.86. The molecule has 0 N–H and O–H groups in total. The molecule has 30 heavy (non-hydrogen) atoms. The van der Waals surface area contributed by atoms with Crippen molar-refractivity contribution in [1.29, 1.82) is 0 Å². The Kier molecular flexibility index (Phi) is 8.73. The molecule has 0 bridgehead atoms. The third kappa shape index (κ3) is 5.84. The highest BCUT2D eigenvalue weighted by Gasteiger charge is 2.45. The number of hydrogen-bond donors (Lipinski definition) is 0. The molecule has 0 unspecified atom stereocenters. The van der Waals surface area contributed by atoms with E-state index in [-0.39, 0.29) is 0 Å². The summed E-state index contributed by atoms with van der Waals surface area (Å²) >= 11 is 0. The average molecular weight is 419 g/mol. The van der Waals surface area contributed by atoms with Crippen LogP contribution in [0.1, 0.15) is 51.5 Å².